The number of hydrogen-bond acceptors (Lipinski definition) is 4. The van der Waals surface area contributed by atoms with Gasteiger partial charge in [0.2, 0.25) is 0 Å². The van der Waals surface area contributed by atoms with E-state index in [0.717, 1.165) is 33.9 Å². The summed E-state index contributed by atoms with van der Waals surface area (Å²) in [5, 5.41) is 0. The first-order valence-electron chi connectivity index (χ1n) is 9.93. The molecule has 3 aromatic carbocycles. The number of carbonyl (C=O) groups is 2. The molecule has 0 fully saturated rings. The van der Waals surface area contributed by atoms with Crippen molar-refractivity contribution in [3.8, 4) is 28.0 Å². The molecule has 0 aliphatic carbocycles. The third-order valence-electron chi connectivity index (χ3n) is 4.72. The smallest absolute Gasteiger partial charge is 0.335 e. The number of benzene rings is 3. The van der Waals surface area contributed by atoms with Crippen molar-refractivity contribution >= 4 is 11.9 Å². The van der Waals surface area contributed by atoms with E-state index in [-0.39, 0.29) is 5.97 Å². The van der Waals surface area contributed by atoms with Crippen molar-refractivity contribution in [3.63, 3.8) is 0 Å². The zero-order valence-corrected chi connectivity index (χ0v) is 17.5. The predicted molar refractivity (Wildman–Crippen MR) is 123 cm³/mol. The van der Waals surface area contributed by atoms with Crippen molar-refractivity contribution in [3.05, 3.63) is 103 Å². The molecule has 0 aliphatic heterocycles. The fourth-order valence-electron chi connectivity index (χ4n) is 2.98. The molecule has 0 amide bonds. The van der Waals surface area contributed by atoms with Crippen molar-refractivity contribution < 1.29 is 19.1 Å². The van der Waals surface area contributed by atoms with Crippen LogP contribution in [-0.4, -0.2) is 18.5 Å². The Balaban J connectivity index is 1.62. The third-order valence-corrected chi connectivity index (χ3v) is 4.72. The first-order chi connectivity index (χ1) is 15.0. The first kappa shape index (κ1) is 21.8. The Morgan fingerprint density at radius 1 is 0.806 bits per heavy atom. The highest BCUT2D eigenvalue weighted by molar-refractivity contribution is 5.87. The SMILES string of the molecule is C=CC(=O)Oc1ccc(-c2ccc(-c3ccc(CCOC(=O)C(=C)C)cc3)cc2)cc1. The van der Waals surface area contributed by atoms with Crippen molar-refractivity contribution in [1.29, 1.82) is 0 Å². The summed E-state index contributed by atoms with van der Waals surface area (Å²) in [6, 6.07) is 23.8. The summed E-state index contributed by atoms with van der Waals surface area (Å²) >= 11 is 0. The van der Waals surface area contributed by atoms with E-state index in [0.29, 0.717) is 24.4 Å². The molecule has 0 saturated heterocycles. The fraction of sp³-hybridized carbons (Fsp3) is 0.111. The van der Waals surface area contributed by atoms with Crippen LogP contribution in [0.3, 0.4) is 0 Å². The average molecular weight is 412 g/mol. The molecular formula is C27H24O4. The largest absolute Gasteiger partial charge is 0.462 e. The van der Waals surface area contributed by atoms with Gasteiger partial charge in [0.1, 0.15) is 5.75 Å². The molecule has 0 aliphatic rings. The number of hydrogen-bond donors (Lipinski definition) is 0. The van der Waals surface area contributed by atoms with Gasteiger partial charge in [0, 0.05) is 18.1 Å². The second-order valence-corrected chi connectivity index (χ2v) is 7.09. The monoisotopic (exact) mass is 412 g/mol. The van der Waals surface area contributed by atoms with Gasteiger partial charge >= 0.3 is 11.9 Å². The zero-order valence-electron chi connectivity index (χ0n) is 17.5. The van der Waals surface area contributed by atoms with Crippen LogP contribution in [0.4, 0.5) is 0 Å². The Morgan fingerprint density at radius 3 is 1.71 bits per heavy atom. The normalized spacial score (nSPS) is 10.2. The molecule has 0 atom stereocenters. The third kappa shape index (κ3) is 6.03. The van der Waals surface area contributed by atoms with E-state index in [1.807, 2.05) is 24.3 Å². The van der Waals surface area contributed by atoms with E-state index in [1.54, 1.807) is 19.1 Å². The second kappa shape index (κ2) is 10.2. The van der Waals surface area contributed by atoms with E-state index in [9.17, 15) is 9.59 Å². The summed E-state index contributed by atoms with van der Waals surface area (Å²) in [5.74, 6) is -0.347. The minimum absolute atomic E-state index is 0.339. The summed E-state index contributed by atoms with van der Waals surface area (Å²) in [5.41, 5.74) is 5.84. The summed E-state index contributed by atoms with van der Waals surface area (Å²) in [7, 11) is 0. The van der Waals surface area contributed by atoms with Crippen molar-refractivity contribution in [2.75, 3.05) is 6.61 Å². The number of carbonyl (C=O) groups excluding carboxylic acids is 2. The van der Waals surface area contributed by atoms with E-state index >= 15 is 0 Å². The minimum Gasteiger partial charge on any atom is -0.462 e. The van der Waals surface area contributed by atoms with Crippen LogP contribution in [0.2, 0.25) is 0 Å². The molecular weight excluding hydrogens is 388 g/mol. The lowest BCUT2D eigenvalue weighted by Crippen LogP contribution is -2.07. The van der Waals surface area contributed by atoms with Gasteiger partial charge in [-0.3, -0.25) is 0 Å². The highest BCUT2D eigenvalue weighted by Crippen LogP contribution is 2.26. The van der Waals surface area contributed by atoms with Crippen molar-refractivity contribution in [2.45, 2.75) is 13.3 Å². The molecule has 0 bridgehead atoms. The highest BCUT2D eigenvalue weighted by Gasteiger charge is 2.05. The molecule has 3 aromatic rings. The summed E-state index contributed by atoms with van der Waals surface area (Å²) in [6.07, 6.45) is 1.80. The topological polar surface area (TPSA) is 52.6 Å². The van der Waals surface area contributed by atoms with Crippen LogP contribution in [0.15, 0.2) is 97.6 Å². The Morgan fingerprint density at radius 2 is 1.26 bits per heavy atom. The summed E-state index contributed by atoms with van der Waals surface area (Å²) < 4.78 is 10.2. The molecule has 156 valence electrons. The lowest BCUT2D eigenvalue weighted by molar-refractivity contribution is -0.138. The van der Waals surface area contributed by atoms with E-state index in [4.69, 9.17) is 9.47 Å². The maximum Gasteiger partial charge on any atom is 0.335 e. The van der Waals surface area contributed by atoms with Gasteiger partial charge in [-0.05, 0) is 46.9 Å². The van der Waals surface area contributed by atoms with Gasteiger partial charge in [0.25, 0.3) is 0 Å². The van der Waals surface area contributed by atoms with Gasteiger partial charge in [-0.25, -0.2) is 9.59 Å². The molecule has 0 spiro atoms. The van der Waals surface area contributed by atoms with Crippen LogP contribution in [0, 0.1) is 0 Å². The Kier molecular flexibility index (Phi) is 7.17. The van der Waals surface area contributed by atoms with E-state index in [1.165, 1.54) is 0 Å². The molecule has 0 aromatic heterocycles. The van der Waals surface area contributed by atoms with Gasteiger partial charge in [-0.2, -0.15) is 0 Å². The van der Waals surface area contributed by atoms with E-state index in [2.05, 4.69) is 49.6 Å². The number of rotatable bonds is 8. The van der Waals surface area contributed by atoms with Crippen molar-refractivity contribution in [2.24, 2.45) is 0 Å². The van der Waals surface area contributed by atoms with E-state index < -0.39 is 5.97 Å². The van der Waals surface area contributed by atoms with Crippen LogP contribution in [0.25, 0.3) is 22.3 Å². The molecule has 0 unspecified atom stereocenters. The molecule has 0 heterocycles. The van der Waals surface area contributed by atoms with Gasteiger partial charge in [-0.1, -0.05) is 73.8 Å². The molecule has 3 rings (SSSR count). The Hall–Kier alpha value is -3.92. The van der Waals surface area contributed by atoms with Crippen molar-refractivity contribution in [1.82, 2.24) is 0 Å². The summed E-state index contributed by atoms with van der Waals surface area (Å²) in [6.45, 7) is 8.94. The van der Waals surface area contributed by atoms with Crippen LogP contribution in [0.5, 0.6) is 5.75 Å². The fourth-order valence-corrected chi connectivity index (χ4v) is 2.98. The first-order valence-corrected chi connectivity index (χ1v) is 9.93. The Labute approximate surface area is 182 Å². The maximum absolute atomic E-state index is 11.4. The molecule has 4 heteroatoms. The molecule has 0 radical (unpaired) electrons. The minimum atomic E-state index is -0.476. The zero-order chi connectivity index (χ0) is 22.2. The van der Waals surface area contributed by atoms with Gasteiger partial charge in [-0.15, -0.1) is 0 Å². The molecule has 0 saturated carbocycles. The molecule has 31 heavy (non-hydrogen) atoms. The lowest BCUT2D eigenvalue weighted by atomic mass is 9.99. The number of ether oxygens (including phenoxy) is 2. The van der Waals surface area contributed by atoms with Gasteiger partial charge < -0.3 is 9.47 Å². The highest BCUT2D eigenvalue weighted by atomic mass is 16.5. The van der Waals surface area contributed by atoms with Crippen LogP contribution < -0.4 is 4.74 Å². The maximum atomic E-state index is 11.4. The Bertz CT molecular complexity index is 1080. The van der Waals surface area contributed by atoms with Crippen LogP contribution >= 0.6 is 0 Å². The molecule has 0 N–H and O–H groups in total. The van der Waals surface area contributed by atoms with Gasteiger partial charge in [0.05, 0.1) is 6.61 Å². The predicted octanol–water partition coefficient (Wildman–Crippen LogP) is 5.77. The standard InChI is InChI=1S/C27H24O4/c1-4-26(28)31-25-15-13-24(14-16-25)23-11-9-22(10-12-23)21-7-5-20(6-8-21)17-18-30-27(29)19(2)3/h4-16H,1-2,17-18H2,3H3. The number of esters is 2. The van der Waals surface area contributed by atoms with Crippen LogP contribution in [-0.2, 0) is 20.7 Å². The second-order valence-electron chi connectivity index (χ2n) is 7.09. The quantitative estimate of drug-likeness (QED) is 0.268. The van der Waals surface area contributed by atoms with Gasteiger partial charge in [0.15, 0.2) is 0 Å². The molecule has 4 nitrogen and oxygen atoms in total. The average Bonchev–Trinajstić information content (AvgIpc) is 2.80. The summed E-state index contributed by atoms with van der Waals surface area (Å²) in [4.78, 5) is 22.7. The van der Waals surface area contributed by atoms with Crippen LogP contribution in [0.1, 0.15) is 12.5 Å². The lowest BCUT2D eigenvalue weighted by Gasteiger charge is -2.08.